The number of rotatable bonds is 5. The molecule has 212 valence electrons. The van der Waals surface area contributed by atoms with Gasteiger partial charge in [-0.2, -0.15) is 0 Å². The molecule has 0 aromatic heterocycles. The fourth-order valence-corrected chi connectivity index (χ4v) is 7.08. The smallest absolute Gasteiger partial charge is 0.303 e. The maximum absolute atomic E-state index is 12.9. The van der Waals surface area contributed by atoms with Gasteiger partial charge < -0.3 is 23.7 Å². The molecule has 3 fully saturated rings. The highest BCUT2D eigenvalue weighted by Gasteiger charge is 2.71. The summed E-state index contributed by atoms with van der Waals surface area (Å²) in [5, 5.41) is 0. The van der Waals surface area contributed by atoms with Crippen LogP contribution in [-0.4, -0.2) is 65.3 Å². The third-order valence-electron chi connectivity index (χ3n) is 8.23. The number of carbonyl (C=O) groups is 5. The van der Waals surface area contributed by atoms with E-state index in [-0.39, 0.29) is 31.0 Å². The Labute approximate surface area is 223 Å². The van der Waals surface area contributed by atoms with Crippen molar-refractivity contribution in [3.8, 4) is 0 Å². The largest absolute Gasteiger partial charge is 0.458 e. The molecule has 0 spiro atoms. The SMILES string of the molecule is C=C1CC2OC(C3C(C(C)C)C(OC(C)=O)C(OC(C)=O)C(C)(OC(C)=O)C23)C(C)(OC(C)=O)CCC1=O. The molecule has 38 heavy (non-hydrogen) atoms. The molecule has 0 N–H and O–H groups in total. The van der Waals surface area contributed by atoms with Crippen LogP contribution in [0.25, 0.3) is 0 Å². The van der Waals surface area contributed by atoms with Crippen LogP contribution in [-0.2, 0) is 47.7 Å². The number of Topliss-reactive ketones (excluding diaryl/α,β-unsaturated/α-hetero) is 1. The van der Waals surface area contributed by atoms with Crippen molar-refractivity contribution in [2.24, 2.45) is 23.7 Å². The molecule has 0 aromatic carbocycles. The first-order chi connectivity index (χ1) is 17.5. The second-order valence-corrected chi connectivity index (χ2v) is 11.5. The summed E-state index contributed by atoms with van der Waals surface area (Å²) in [5.74, 6) is -4.19. The Hall–Kier alpha value is -2.75. The molecule has 1 saturated carbocycles. The zero-order chi connectivity index (χ0) is 28.7. The van der Waals surface area contributed by atoms with Crippen molar-refractivity contribution in [2.75, 3.05) is 0 Å². The van der Waals surface area contributed by atoms with Crippen molar-refractivity contribution >= 4 is 29.7 Å². The molecule has 0 amide bonds. The lowest BCUT2D eigenvalue weighted by Gasteiger charge is -2.56. The third-order valence-corrected chi connectivity index (χ3v) is 8.23. The van der Waals surface area contributed by atoms with Crippen LogP contribution in [0.4, 0.5) is 0 Å². The zero-order valence-corrected chi connectivity index (χ0v) is 23.5. The first-order valence-corrected chi connectivity index (χ1v) is 13.1. The Balaban J connectivity index is 2.34. The van der Waals surface area contributed by atoms with Crippen molar-refractivity contribution in [3.05, 3.63) is 12.2 Å². The van der Waals surface area contributed by atoms with Gasteiger partial charge in [0.2, 0.25) is 0 Å². The van der Waals surface area contributed by atoms with E-state index in [2.05, 4.69) is 6.58 Å². The van der Waals surface area contributed by atoms with E-state index in [9.17, 15) is 24.0 Å². The Morgan fingerprint density at radius 3 is 2.03 bits per heavy atom. The van der Waals surface area contributed by atoms with Gasteiger partial charge in [-0.15, -0.1) is 0 Å². The van der Waals surface area contributed by atoms with Crippen molar-refractivity contribution < 1.29 is 47.7 Å². The number of fused-ring (bicyclic) bond motifs is 5. The molecular formula is C28H40O10. The standard InChI is InChI=1S/C28H40O10/c1-13(2)21-22-23(28(9,38-18(7)32)26(35-16(5)30)24(21)34-15(4)29)20-12-14(3)19(33)10-11-27(8,25(22)36-20)37-17(6)31/h13,20-26H,3,10-12H2,1-2,4-9H3. The van der Waals surface area contributed by atoms with Crippen LogP contribution in [0, 0.1) is 23.7 Å². The summed E-state index contributed by atoms with van der Waals surface area (Å²) in [5.41, 5.74) is -2.38. The molecular weight excluding hydrogens is 496 g/mol. The summed E-state index contributed by atoms with van der Waals surface area (Å²) < 4.78 is 30.1. The second-order valence-electron chi connectivity index (χ2n) is 11.5. The molecule has 1 aliphatic carbocycles. The Kier molecular flexibility index (Phi) is 8.46. The highest BCUT2D eigenvalue weighted by Crippen LogP contribution is 2.59. The molecule has 2 aliphatic heterocycles. The van der Waals surface area contributed by atoms with Gasteiger partial charge in [-0.3, -0.25) is 24.0 Å². The van der Waals surface area contributed by atoms with E-state index in [1.165, 1.54) is 27.7 Å². The molecule has 0 aromatic rings. The van der Waals surface area contributed by atoms with Gasteiger partial charge in [-0.05, 0) is 31.8 Å². The first kappa shape index (κ1) is 29.8. The van der Waals surface area contributed by atoms with Crippen molar-refractivity contribution in [1.82, 2.24) is 0 Å². The number of ether oxygens (including phenoxy) is 5. The van der Waals surface area contributed by atoms with E-state index in [4.69, 9.17) is 23.7 Å². The van der Waals surface area contributed by atoms with Gasteiger partial charge in [0.1, 0.15) is 17.8 Å². The molecule has 3 aliphatic rings. The lowest BCUT2D eigenvalue weighted by atomic mass is 9.55. The first-order valence-electron chi connectivity index (χ1n) is 13.1. The predicted molar refractivity (Wildman–Crippen MR) is 133 cm³/mol. The monoisotopic (exact) mass is 536 g/mol. The lowest BCUT2D eigenvalue weighted by Crippen LogP contribution is -2.69. The summed E-state index contributed by atoms with van der Waals surface area (Å²) in [6.45, 7) is 16.3. The number of hydrogen-bond donors (Lipinski definition) is 0. The van der Waals surface area contributed by atoms with Gasteiger partial charge in [0.25, 0.3) is 0 Å². The summed E-state index contributed by atoms with van der Waals surface area (Å²) >= 11 is 0. The normalized spacial score (nSPS) is 38.8. The van der Waals surface area contributed by atoms with Gasteiger partial charge in [0, 0.05) is 58.3 Å². The summed E-state index contributed by atoms with van der Waals surface area (Å²) in [7, 11) is 0. The number of carbonyl (C=O) groups excluding carboxylic acids is 5. The Morgan fingerprint density at radius 2 is 1.53 bits per heavy atom. The van der Waals surface area contributed by atoms with Gasteiger partial charge in [0.15, 0.2) is 17.5 Å². The lowest BCUT2D eigenvalue weighted by molar-refractivity contribution is -0.249. The average molecular weight is 537 g/mol. The average Bonchev–Trinajstić information content (AvgIpc) is 3.14. The quantitative estimate of drug-likeness (QED) is 0.293. The molecule has 2 heterocycles. The highest BCUT2D eigenvalue weighted by molar-refractivity contribution is 5.94. The summed E-state index contributed by atoms with van der Waals surface area (Å²) in [4.78, 5) is 62.4. The molecule has 10 nitrogen and oxygen atoms in total. The summed E-state index contributed by atoms with van der Waals surface area (Å²) in [6.07, 6.45) is -3.11. The van der Waals surface area contributed by atoms with Crippen LogP contribution >= 0.6 is 0 Å². The topological polar surface area (TPSA) is 132 Å². The van der Waals surface area contributed by atoms with E-state index in [0.29, 0.717) is 5.57 Å². The van der Waals surface area contributed by atoms with E-state index in [0.717, 1.165) is 0 Å². The van der Waals surface area contributed by atoms with Crippen LogP contribution in [0.15, 0.2) is 12.2 Å². The Bertz CT molecular complexity index is 1020. The fraction of sp³-hybridized carbons (Fsp3) is 0.750. The number of esters is 4. The van der Waals surface area contributed by atoms with Crippen molar-refractivity contribution in [2.45, 2.75) is 110 Å². The minimum absolute atomic E-state index is 0.115. The van der Waals surface area contributed by atoms with E-state index < -0.39 is 77.2 Å². The van der Waals surface area contributed by atoms with Crippen molar-refractivity contribution in [1.29, 1.82) is 0 Å². The fourth-order valence-electron chi connectivity index (χ4n) is 7.08. The van der Waals surface area contributed by atoms with Crippen molar-refractivity contribution in [3.63, 3.8) is 0 Å². The van der Waals surface area contributed by atoms with Crippen LogP contribution in [0.1, 0.15) is 74.7 Å². The number of ketones is 1. The molecule has 3 rings (SSSR count). The second kappa shape index (κ2) is 10.8. The molecule has 0 radical (unpaired) electrons. The minimum Gasteiger partial charge on any atom is -0.458 e. The Morgan fingerprint density at radius 1 is 0.947 bits per heavy atom. The molecule has 9 atom stereocenters. The van der Waals surface area contributed by atoms with Crippen LogP contribution in [0.3, 0.4) is 0 Å². The van der Waals surface area contributed by atoms with Crippen LogP contribution < -0.4 is 0 Å². The molecule has 2 bridgehead atoms. The highest BCUT2D eigenvalue weighted by atomic mass is 16.6. The van der Waals surface area contributed by atoms with Gasteiger partial charge in [-0.1, -0.05) is 20.4 Å². The molecule has 9 unspecified atom stereocenters. The summed E-state index contributed by atoms with van der Waals surface area (Å²) in [6, 6.07) is 0. The van der Waals surface area contributed by atoms with Crippen LogP contribution in [0.2, 0.25) is 0 Å². The van der Waals surface area contributed by atoms with Gasteiger partial charge >= 0.3 is 23.9 Å². The van der Waals surface area contributed by atoms with Crippen LogP contribution in [0.5, 0.6) is 0 Å². The minimum atomic E-state index is -1.51. The molecule has 2 saturated heterocycles. The van der Waals surface area contributed by atoms with E-state index in [1.54, 1.807) is 13.8 Å². The van der Waals surface area contributed by atoms with E-state index >= 15 is 0 Å². The zero-order valence-electron chi connectivity index (χ0n) is 23.5. The van der Waals surface area contributed by atoms with E-state index in [1.807, 2.05) is 13.8 Å². The third kappa shape index (κ3) is 5.51. The molecule has 10 heteroatoms. The van der Waals surface area contributed by atoms with Gasteiger partial charge in [-0.25, -0.2) is 0 Å². The number of hydrogen-bond acceptors (Lipinski definition) is 10. The predicted octanol–water partition coefficient (Wildman–Crippen LogP) is 3.09. The maximum Gasteiger partial charge on any atom is 0.303 e. The van der Waals surface area contributed by atoms with Gasteiger partial charge in [0.05, 0.1) is 6.10 Å². The maximum atomic E-state index is 12.9.